The van der Waals surface area contributed by atoms with Crippen molar-refractivity contribution in [3.8, 4) is 5.75 Å². The summed E-state index contributed by atoms with van der Waals surface area (Å²) in [5, 5.41) is 11.9. The SMILES string of the molecule is CCCCOc1ccc(C2C(C(=O)Nc3ccc(C)cc3C)=C(C)Nc3nc(SCCC)nn32)cc1. The number of fused-ring (bicyclic) bond motifs is 1. The summed E-state index contributed by atoms with van der Waals surface area (Å²) >= 11 is 1.62. The van der Waals surface area contributed by atoms with Gasteiger partial charge in [0.2, 0.25) is 11.1 Å². The Labute approximate surface area is 217 Å². The van der Waals surface area contributed by atoms with E-state index in [0.717, 1.165) is 58.8 Å². The van der Waals surface area contributed by atoms with Gasteiger partial charge >= 0.3 is 0 Å². The minimum atomic E-state index is -0.417. The Balaban J connectivity index is 1.70. The van der Waals surface area contributed by atoms with Crippen molar-refractivity contribution in [1.29, 1.82) is 0 Å². The van der Waals surface area contributed by atoms with Gasteiger partial charge in [-0.15, -0.1) is 5.10 Å². The Kier molecular flexibility index (Phi) is 8.36. The first kappa shape index (κ1) is 25.8. The van der Waals surface area contributed by atoms with Crippen LogP contribution in [-0.2, 0) is 4.79 Å². The molecule has 0 bridgehead atoms. The lowest BCUT2D eigenvalue weighted by atomic mass is 9.94. The minimum Gasteiger partial charge on any atom is -0.494 e. The van der Waals surface area contributed by atoms with Crippen molar-refractivity contribution < 1.29 is 9.53 Å². The highest BCUT2D eigenvalue weighted by Crippen LogP contribution is 2.37. The number of aromatic nitrogens is 3. The molecular weight excluding hydrogens is 470 g/mol. The molecule has 0 saturated carbocycles. The normalized spacial score (nSPS) is 14.9. The van der Waals surface area contributed by atoms with Crippen LogP contribution in [0.5, 0.6) is 5.75 Å². The first-order chi connectivity index (χ1) is 17.4. The number of rotatable bonds is 10. The third kappa shape index (κ3) is 5.75. The predicted octanol–water partition coefficient (Wildman–Crippen LogP) is 6.50. The van der Waals surface area contributed by atoms with Crippen LogP contribution in [0.15, 0.2) is 58.9 Å². The molecule has 3 aromatic rings. The maximum Gasteiger partial charge on any atom is 0.255 e. The van der Waals surface area contributed by atoms with Crippen LogP contribution in [0.1, 0.15) is 62.8 Å². The summed E-state index contributed by atoms with van der Waals surface area (Å²) in [6, 6.07) is 13.6. The van der Waals surface area contributed by atoms with E-state index < -0.39 is 6.04 Å². The third-order valence-electron chi connectivity index (χ3n) is 6.11. The zero-order valence-corrected chi connectivity index (χ0v) is 22.5. The van der Waals surface area contributed by atoms with Gasteiger partial charge in [0.05, 0.1) is 12.2 Å². The third-order valence-corrected chi connectivity index (χ3v) is 7.15. The molecule has 0 radical (unpaired) electrons. The second-order valence-corrected chi connectivity index (χ2v) is 10.2. The summed E-state index contributed by atoms with van der Waals surface area (Å²) in [4.78, 5) is 18.4. The number of anilines is 2. The van der Waals surface area contributed by atoms with Gasteiger partial charge in [-0.3, -0.25) is 4.79 Å². The smallest absolute Gasteiger partial charge is 0.255 e. The highest BCUT2D eigenvalue weighted by Gasteiger charge is 2.34. The number of unbranched alkanes of at least 4 members (excludes halogenated alkanes) is 1. The van der Waals surface area contributed by atoms with Crippen LogP contribution >= 0.6 is 11.8 Å². The first-order valence-corrected chi connectivity index (χ1v) is 13.6. The molecule has 8 heteroatoms. The number of hydrogen-bond donors (Lipinski definition) is 2. The maximum absolute atomic E-state index is 13.7. The fourth-order valence-corrected chi connectivity index (χ4v) is 4.90. The Bertz CT molecular complexity index is 1250. The van der Waals surface area contributed by atoms with Gasteiger partial charge in [-0.1, -0.05) is 61.9 Å². The average molecular weight is 506 g/mol. The van der Waals surface area contributed by atoms with Crippen molar-refractivity contribution in [2.24, 2.45) is 0 Å². The van der Waals surface area contributed by atoms with Crippen molar-refractivity contribution in [3.05, 3.63) is 70.4 Å². The largest absolute Gasteiger partial charge is 0.494 e. The Hall–Kier alpha value is -3.26. The van der Waals surface area contributed by atoms with E-state index in [2.05, 4.69) is 30.5 Å². The second-order valence-electron chi connectivity index (χ2n) is 9.12. The van der Waals surface area contributed by atoms with Crippen molar-refractivity contribution in [2.75, 3.05) is 23.0 Å². The Morgan fingerprint density at radius 2 is 1.89 bits per heavy atom. The summed E-state index contributed by atoms with van der Waals surface area (Å²) in [5.74, 6) is 2.23. The summed E-state index contributed by atoms with van der Waals surface area (Å²) in [5.41, 5.74) is 5.30. The molecular formula is C28H35N5O2S. The van der Waals surface area contributed by atoms with Gasteiger partial charge in [-0.05, 0) is 62.9 Å². The predicted molar refractivity (Wildman–Crippen MR) is 147 cm³/mol. The maximum atomic E-state index is 13.7. The molecule has 0 aliphatic carbocycles. The molecule has 1 amide bonds. The number of aryl methyl sites for hydroxylation is 2. The zero-order valence-electron chi connectivity index (χ0n) is 21.7. The molecule has 0 spiro atoms. The molecule has 0 saturated heterocycles. The molecule has 1 aromatic heterocycles. The lowest BCUT2D eigenvalue weighted by Crippen LogP contribution is -2.31. The van der Waals surface area contributed by atoms with Crippen molar-refractivity contribution in [3.63, 3.8) is 0 Å². The number of thioether (sulfide) groups is 1. The van der Waals surface area contributed by atoms with Crippen LogP contribution < -0.4 is 15.4 Å². The zero-order chi connectivity index (χ0) is 25.7. The van der Waals surface area contributed by atoms with Crippen LogP contribution in [0.4, 0.5) is 11.6 Å². The number of nitrogens with zero attached hydrogens (tertiary/aromatic N) is 3. The number of hydrogen-bond acceptors (Lipinski definition) is 6. The molecule has 1 unspecified atom stereocenters. The fraction of sp³-hybridized carbons (Fsp3) is 0.393. The molecule has 4 rings (SSSR count). The van der Waals surface area contributed by atoms with E-state index >= 15 is 0 Å². The molecule has 1 atom stereocenters. The van der Waals surface area contributed by atoms with Crippen LogP contribution in [0.3, 0.4) is 0 Å². The van der Waals surface area contributed by atoms with Gasteiger partial charge in [-0.25, -0.2) is 4.68 Å². The van der Waals surface area contributed by atoms with Gasteiger partial charge < -0.3 is 15.4 Å². The summed E-state index contributed by atoms with van der Waals surface area (Å²) in [6.45, 7) is 10.9. The summed E-state index contributed by atoms with van der Waals surface area (Å²) < 4.78 is 7.69. The van der Waals surface area contributed by atoms with Crippen molar-refractivity contribution in [2.45, 2.75) is 65.1 Å². The number of benzene rings is 2. The first-order valence-electron chi connectivity index (χ1n) is 12.6. The van der Waals surface area contributed by atoms with Crippen LogP contribution in [0.2, 0.25) is 0 Å². The number of nitrogens with one attached hydrogen (secondary N) is 2. The van der Waals surface area contributed by atoms with Gasteiger partial charge in [0, 0.05) is 17.1 Å². The molecule has 2 aromatic carbocycles. The van der Waals surface area contributed by atoms with Gasteiger partial charge in [-0.2, -0.15) is 4.98 Å². The molecule has 36 heavy (non-hydrogen) atoms. The monoisotopic (exact) mass is 505 g/mol. The number of allylic oxidation sites excluding steroid dienone is 1. The van der Waals surface area contributed by atoms with E-state index in [-0.39, 0.29) is 5.91 Å². The van der Waals surface area contributed by atoms with Crippen LogP contribution in [0, 0.1) is 13.8 Å². The summed E-state index contributed by atoms with van der Waals surface area (Å²) in [6.07, 6.45) is 3.14. The Morgan fingerprint density at radius 3 is 2.58 bits per heavy atom. The molecule has 1 aliphatic rings. The lowest BCUT2D eigenvalue weighted by molar-refractivity contribution is -0.113. The van der Waals surface area contributed by atoms with E-state index in [0.29, 0.717) is 23.3 Å². The van der Waals surface area contributed by atoms with Crippen LogP contribution in [0.25, 0.3) is 0 Å². The quantitative estimate of drug-likeness (QED) is 0.242. The van der Waals surface area contributed by atoms with Gasteiger partial charge in [0.1, 0.15) is 11.8 Å². The van der Waals surface area contributed by atoms with E-state index in [1.807, 2.05) is 61.9 Å². The molecule has 190 valence electrons. The van der Waals surface area contributed by atoms with Crippen molar-refractivity contribution in [1.82, 2.24) is 14.8 Å². The highest BCUT2D eigenvalue weighted by molar-refractivity contribution is 7.99. The summed E-state index contributed by atoms with van der Waals surface area (Å²) in [7, 11) is 0. The number of ether oxygens (including phenoxy) is 1. The average Bonchev–Trinajstić information content (AvgIpc) is 3.26. The molecule has 0 fully saturated rings. The minimum absolute atomic E-state index is 0.163. The van der Waals surface area contributed by atoms with Gasteiger partial charge in [0.25, 0.3) is 5.91 Å². The van der Waals surface area contributed by atoms with Crippen LogP contribution in [-0.4, -0.2) is 33.0 Å². The molecule has 1 aliphatic heterocycles. The topological polar surface area (TPSA) is 81.1 Å². The number of carbonyl (C=O) groups excluding carboxylic acids is 1. The highest BCUT2D eigenvalue weighted by atomic mass is 32.2. The lowest BCUT2D eigenvalue weighted by Gasteiger charge is -2.29. The van der Waals surface area contributed by atoms with E-state index in [4.69, 9.17) is 14.8 Å². The number of amides is 1. The van der Waals surface area contributed by atoms with Crippen molar-refractivity contribution >= 4 is 29.3 Å². The Morgan fingerprint density at radius 1 is 1.11 bits per heavy atom. The number of carbonyl (C=O) groups is 1. The fourth-order valence-electron chi connectivity index (χ4n) is 4.21. The van der Waals surface area contributed by atoms with Gasteiger partial charge in [0.15, 0.2) is 0 Å². The van der Waals surface area contributed by atoms with E-state index in [9.17, 15) is 4.79 Å². The second kappa shape index (κ2) is 11.6. The molecule has 2 N–H and O–H groups in total. The molecule has 2 heterocycles. The van der Waals surface area contributed by atoms with E-state index in [1.165, 1.54) is 0 Å². The standard InChI is InChI=1S/C28H35N5O2S/c1-6-8-15-35-22-12-10-21(11-13-22)25-24(26(34)30-23-14-9-18(3)17-19(23)4)20(5)29-27-31-28(32-33(25)27)36-16-7-2/h9-14,17,25H,6-8,15-16H2,1-5H3,(H,30,34)(H,29,31,32). The molecule has 7 nitrogen and oxygen atoms in total. The van der Waals surface area contributed by atoms with E-state index in [1.54, 1.807) is 11.8 Å².